The lowest BCUT2D eigenvalue weighted by molar-refractivity contribution is 0.0785. The molecular formula is C14H14ClN3O. The number of halogens is 1. The first-order valence-corrected chi connectivity index (χ1v) is 6.61. The van der Waals surface area contributed by atoms with Crippen molar-refractivity contribution in [2.24, 2.45) is 0 Å². The van der Waals surface area contributed by atoms with Crippen molar-refractivity contribution in [2.45, 2.75) is 18.9 Å². The summed E-state index contributed by atoms with van der Waals surface area (Å²) in [5.74, 6) is 0.0146. The van der Waals surface area contributed by atoms with Gasteiger partial charge in [-0.3, -0.25) is 4.79 Å². The summed E-state index contributed by atoms with van der Waals surface area (Å²) < 4.78 is 1.64. The summed E-state index contributed by atoms with van der Waals surface area (Å²) in [6.45, 7) is 0. The first-order chi connectivity index (χ1) is 9.16. The van der Waals surface area contributed by atoms with Gasteiger partial charge in [0.25, 0.3) is 5.91 Å². The predicted octanol–water partition coefficient (Wildman–Crippen LogP) is 2.76. The van der Waals surface area contributed by atoms with E-state index in [1.807, 2.05) is 25.2 Å². The van der Waals surface area contributed by atoms with E-state index in [0.29, 0.717) is 16.6 Å². The van der Waals surface area contributed by atoms with Crippen LogP contribution < -0.4 is 0 Å². The molecule has 1 aliphatic rings. The maximum absolute atomic E-state index is 12.2. The highest BCUT2D eigenvalue weighted by Crippen LogP contribution is 2.27. The molecule has 0 saturated heterocycles. The minimum absolute atomic E-state index is 0.0146. The van der Waals surface area contributed by atoms with Crippen molar-refractivity contribution in [1.29, 1.82) is 0 Å². The summed E-state index contributed by atoms with van der Waals surface area (Å²) in [6, 6.07) is 7.82. The van der Waals surface area contributed by atoms with Crippen LogP contribution >= 0.6 is 11.6 Å². The first kappa shape index (κ1) is 12.2. The van der Waals surface area contributed by atoms with Gasteiger partial charge in [-0.15, -0.1) is 0 Å². The number of hydrogen-bond donors (Lipinski definition) is 0. The number of carbonyl (C=O) groups is 1. The van der Waals surface area contributed by atoms with Gasteiger partial charge in [0.1, 0.15) is 0 Å². The zero-order chi connectivity index (χ0) is 13.4. The third kappa shape index (κ3) is 2.36. The number of nitrogens with zero attached hydrogens (tertiary/aromatic N) is 3. The summed E-state index contributed by atoms with van der Waals surface area (Å²) in [5.41, 5.74) is 1.37. The van der Waals surface area contributed by atoms with Gasteiger partial charge in [-0.05, 0) is 25.0 Å². The molecule has 1 heterocycles. The Kier molecular flexibility index (Phi) is 3.03. The molecule has 0 radical (unpaired) electrons. The zero-order valence-corrected chi connectivity index (χ0v) is 11.3. The lowest BCUT2D eigenvalue weighted by atomic mass is 10.3. The lowest BCUT2D eigenvalue weighted by Gasteiger charge is -2.14. The van der Waals surface area contributed by atoms with Crippen molar-refractivity contribution in [1.82, 2.24) is 14.7 Å². The standard InChI is InChI=1S/C14H14ClN3O/c1-17(11-6-7-11)14(19)10-8-16-18(9-10)13-5-3-2-4-12(13)15/h2-5,8-9,11H,6-7H2,1H3. The average molecular weight is 276 g/mol. The van der Waals surface area contributed by atoms with E-state index in [4.69, 9.17) is 11.6 Å². The van der Waals surface area contributed by atoms with Gasteiger partial charge < -0.3 is 4.90 Å². The Labute approximate surface area is 116 Å². The highest BCUT2D eigenvalue weighted by Gasteiger charge is 2.30. The topological polar surface area (TPSA) is 38.1 Å². The SMILES string of the molecule is CN(C(=O)c1cnn(-c2ccccc2Cl)c1)C1CC1. The van der Waals surface area contributed by atoms with Crippen LogP contribution in [0.25, 0.3) is 5.69 Å². The molecule has 0 atom stereocenters. The molecule has 1 aliphatic carbocycles. The fraction of sp³-hybridized carbons (Fsp3) is 0.286. The van der Waals surface area contributed by atoms with E-state index < -0.39 is 0 Å². The molecule has 3 rings (SSSR count). The summed E-state index contributed by atoms with van der Waals surface area (Å²) in [5, 5.41) is 4.83. The first-order valence-electron chi connectivity index (χ1n) is 6.23. The maximum atomic E-state index is 12.2. The number of hydrogen-bond acceptors (Lipinski definition) is 2. The van der Waals surface area contributed by atoms with E-state index in [1.165, 1.54) is 0 Å². The Balaban J connectivity index is 1.87. The van der Waals surface area contributed by atoms with E-state index in [0.717, 1.165) is 18.5 Å². The molecule has 2 aromatic rings. The Morgan fingerprint density at radius 1 is 1.42 bits per heavy atom. The van der Waals surface area contributed by atoms with Crippen molar-refractivity contribution >= 4 is 17.5 Å². The van der Waals surface area contributed by atoms with Crippen LogP contribution in [0.4, 0.5) is 0 Å². The van der Waals surface area contributed by atoms with Crippen LogP contribution in [0, 0.1) is 0 Å². The Bertz CT molecular complexity index is 619. The molecule has 1 saturated carbocycles. The van der Waals surface area contributed by atoms with E-state index in [2.05, 4.69) is 5.10 Å². The summed E-state index contributed by atoms with van der Waals surface area (Å²) in [7, 11) is 1.84. The van der Waals surface area contributed by atoms with E-state index in [9.17, 15) is 4.79 Å². The van der Waals surface area contributed by atoms with Crippen LogP contribution in [0.2, 0.25) is 5.02 Å². The van der Waals surface area contributed by atoms with Crippen LogP contribution in [0.1, 0.15) is 23.2 Å². The van der Waals surface area contributed by atoms with E-state index in [-0.39, 0.29) is 5.91 Å². The highest BCUT2D eigenvalue weighted by atomic mass is 35.5. The molecule has 4 nitrogen and oxygen atoms in total. The molecule has 0 bridgehead atoms. The Hall–Kier alpha value is -1.81. The number of benzene rings is 1. The van der Waals surface area contributed by atoms with Crippen LogP contribution in [0.15, 0.2) is 36.7 Å². The Morgan fingerprint density at radius 2 is 2.16 bits per heavy atom. The maximum Gasteiger partial charge on any atom is 0.257 e. The van der Waals surface area contributed by atoms with Crippen LogP contribution in [-0.2, 0) is 0 Å². The summed E-state index contributed by atoms with van der Waals surface area (Å²) in [4.78, 5) is 14.0. The third-order valence-electron chi connectivity index (χ3n) is 3.34. The molecule has 1 aromatic heterocycles. The van der Waals surface area contributed by atoms with Gasteiger partial charge in [0, 0.05) is 19.3 Å². The van der Waals surface area contributed by atoms with Crippen LogP contribution in [0.3, 0.4) is 0 Å². The molecule has 0 N–H and O–H groups in total. The minimum Gasteiger partial charge on any atom is -0.339 e. The largest absolute Gasteiger partial charge is 0.339 e. The highest BCUT2D eigenvalue weighted by molar-refractivity contribution is 6.32. The number of rotatable bonds is 3. The number of amides is 1. The molecule has 1 fully saturated rings. The molecule has 98 valence electrons. The second kappa shape index (κ2) is 4.70. The van der Waals surface area contributed by atoms with Gasteiger partial charge in [0.2, 0.25) is 0 Å². The van der Waals surface area contributed by atoms with Gasteiger partial charge in [0.05, 0.1) is 22.5 Å². The predicted molar refractivity (Wildman–Crippen MR) is 73.7 cm³/mol. The molecule has 5 heteroatoms. The van der Waals surface area contributed by atoms with E-state index in [1.54, 1.807) is 28.0 Å². The lowest BCUT2D eigenvalue weighted by Crippen LogP contribution is -2.28. The Morgan fingerprint density at radius 3 is 2.84 bits per heavy atom. The van der Waals surface area contributed by atoms with Crippen molar-refractivity contribution in [2.75, 3.05) is 7.05 Å². The van der Waals surface area contributed by atoms with Gasteiger partial charge in [-0.2, -0.15) is 5.10 Å². The van der Waals surface area contributed by atoms with Crippen molar-refractivity contribution in [3.8, 4) is 5.69 Å². The molecule has 0 unspecified atom stereocenters. The number of para-hydroxylation sites is 1. The van der Waals surface area contributed by atoms with Crippen molar-refractivity contribution in [3.05, 3.63) is 47.2 Å². The normalized spacial score (nSPS) is 14.4. The summed E-state index contributed by atoms with van der Waals surface area (Å²) >= 11 is 6.11. The molecule has 1 aromatic carbocycles. The number of carbonyl (C=O) groups excluding carboxylic acids is 1. The van der Waals surface area contributed by atoms with Gasteiger partial charge in [0.15, 0.2) is 0 Å². The third-order valence-corrected chi connectivity index (χ3v) is 3.66. The molecule has 19 heavy (non-hydrogen) atoms. The smallest absolute Gasteiger partial charge is 0.257 e. The van der Waals surface area contributed by atoms with Gasteiger partial charge in [-0.1, -0.05) is 23.7 Å². The molecule has 1 amide bonds. The second-order valence-corrected chi connectivity index (χ2v) is 5.18. The van der Waals surface area contributed by atoms with Gasteiger partial charge in [-0.25, -0.2) is 4.68 Å². The van der Waals surface area contributed by atoms with Gasteiger partial charge >= 0.3 is 0 Å². The fourth-order valence-corrected chi connectivity index (χ4v) is 2.26. The van der Waals surface area contributed by atoms with Crippen LogP contribution in [0.5, 0.6) is 0 Å². The van der Waals surface area contributed by atoms with Crippen LogP contribution in [-0.4, -0.2) is 33.7 Å². The monoisotopic (exact) mass is 275 g/mol. The summed E-state index contributed by atoms with van der Waals surface area (Å²) in [6.07, 6.45) is 5.51. The average Bonchev–Trinajstić information content (AvgIpc) is 3.16. The molecule has 0 aliphatic heterocycles. The zero-order valence-electron chi connectivity index (χ0n) is 10.6. The molecular weight excluding hydrogens is 262 g/mol. The second-order valence-electron chi connectivity index (χ2n) is 4.77. The fourth-order valence-electron chi connectivity index (χ4n) is 2.03. The van der Waals surface area contributed by atoms with Crippen molar-refractivity contribution < 1.29 is 4.79 Å². The molecule has 0 spiro atoms. The van der Waals surface area contributed by atoms with Crippen molar-refractivity contribution in [3.63, 3.8) is 0 Å². The quantitative estimate of drug-likeness (QED) is 0.864. The minimum atomic E-state index is 0.0146. The van der Waals surface area contributed by atoms with E-state index >= 15 is 0 Å². The number of aromatic nitrogens is 2.